The van der Waals surface area contributed by atoms with E-state index in [4.69, 9.17) is 0 Å². The summed E-state index contributed by atoms with van der Waals surface area (Å²) in [5.41, 5.74) is 0. The van der Waals surface area contributed by atoms with Gasteiger partial charge < -0.3 is 10.2 Å². The van der Waals surface area contributed by atoms with Gasteiger partial charge in [0.2, 0.25) is 5.91 Å². The topological polar surface area (TPSA) is 49.4 Å². The highest BCUT2D eigenvalue weighted by Crippen LogP contribution is 2.22. The molecule has 2 amide bonds. The van der Waals surface area contributed by atoms with Crippen molar-refractivity contribution in [2.75, 3.05) is 6.54 Å². The van der Waals surface area contributed by atoms with Crippen molar-refractivity contribution in [1.82, 2.24) is 10.2 Å². The molecule has 1 fully saturated rings. The van der Waals surface area contributed by atoms with Crippen LogP contribution in [-0.2, 0) is 4.79 Å². The fourth-order valence-electron chi connectivity index (χ4n) is 2.78. The van der Waals surface area contributed by atoms with Crippen molar-refractivity contribution in [2.24, 2.45) is 0 Å². The molecule has 2 rings (SSSR count). The van der Waals surface area contributed by atoms with E-state index in [1.807, 2.05) is 17.5 Å². The molecule has 0 aliphatic carbocycles. The number of amides is 2. The molecule has 0 aromatic carbocycles. The summed E-state index contributed by atoms with van der Waals surface area (Å²) < 4.78 is 0. The Kier molecular flexibility index (Phi) is 5.79. The second-order valence-corrected chi connectivity index (χ2v) is 6.46. The molecule has 116 valence electrons. The Morgan fingerprint density at radius 3 is 2.76 bits per heavy atom. The number of carbonyl (C=O) groups is 2. The Morgan fingerprint density at radius 2 is 2.14 bits per heavy atom. The lowest BCUT2D eigenvalue weighted by atomic mass is 10.00. The second-order valence-electron chi connectivity index (χ2n) is 5.51. The van der Waals surface area contributed by atoms with Crippen LogP contribution in [0.15, 0.2) is 17.5 Å². The summed E-state index contributed by atoms with van der Waals surface area (Å²) in [5.74, 6) is 0.00250. The van der Waals surface area contributed by atoms with Gasteiger partial charge in [0.05, 0.1) is 4.88 Å². The fraction of sp³-hybridized carbons (Fsp3) is 0.625. The number of nitrogens with one attached hydrogen (secondary N) is 1. The first-order chi connectivity index (χ1) is 10.2. The fourth-order valence-corrected chi connectivity index (χ4v) is 3.46. The minimum atomic E-state index is -0.311. The molecule has 5 heteroatoms. The number of carbonyl (C=O) groups excluding carboxylic acids is 2. The summed E-state index contributed by atoms with van der Waals surface area (Å²) in [5, 5.41) is 4.99. The zero-order valence-corrected chi connectivity index (χ0v) is 13.6. The van der Waals surface area contributed by atoms with E-state index < -0.39 is 0 Å². The summed E-state index contributed by atoms with van der Waals surface area (Å²) in [6, 6.07) is 3.60. The molecule has 1 N–H and O–H groups in total. The Labute approximate surface area is 130 Å². The molecular formula is C16H24N2O2S. The van der Waals surface area contributed by atoms with Gasteiger partial charge in [-0.1, -0.05) is 19.9 Å². The first-order valence-electron chi connectivity index (χ1n) is 7.82. The van der Waals surface area contributed by atoms with Crippen LogP contribution in [0, 0.1) is 0 Å². The molecule has 21 heavy (non-hydrogen) atoms. The van der Waals surface area contributed by atoms with Crippen molar-refractivity contribution in [2.45, 2.75) is 58.0 Å². The van der Waals surface area contributed by atoms with Crippen molar-refractivity contribution in [1.29, 1.82) is 0 Å². The summed E-state index contributed by atoms with van der Waals surface area (Å²) in [4.78, 5) is 27.5. The maximum absolute atomic E-state index is 12.6. The van der Waals surface area contributed by atoms with Crippen LogP contribution >= 0.6 is 11.3 Å². The van der Waals surface area contributed by atoms with Gasteiger partial charge in [-0.25, -0.2) is 0 Å². The molecule has 1 saturated heterocycles. The zero-order chi connectivity index (χ0) is 15.2. The Bertz CT molecular complexity index is 469. The lowest BCUT2D eigenvalue weighted by Gasteiger charge is -2.35. The van der Waals surface area contributed by atoms with Gasteiger partial charge in [0.1, 0.15) is 6.04 Å². The number of hydrogen-bond acceptors (Lipinski definition) is 3. The third-order valence-corrected chi connectivity index (χ3v) is 4.99. The Morgan fingerprint density at radius 1 is 1.38 bits per heavy atom. The standard InChI is InChI=1S/C16H24N2O2S/c1-3-12(4-2)17-15(19)13-8-5-6-10-18(13)16(20)14-9-7-11-21-14/h7,9,11-13H,3-6,8,10H2,1-2H3,(H,17,19). The second kappa shape index (κ2) is 7.59. The van der Waals surface area contributed by atoms with Gasteiger partial charge in [0.15, 0.2) is 0 Å². The lowest BCUT2D eigenvalue weighted by molar-refractivity contribution is -0.127. The van der Waals surface area contributed by atoms with Gasteiger partial charge in [0.25, 0.3) is 5.91 Å². The van der Waals surface area contributed by atoms with Gasteiger partial charge in [-0.05, 0) is 43.6 Å². The maximum atomic E-state index is 12.6. The van der Waals surface area contributed by atoms with Crippen molar-refractivity contribution < 1.29 is 9.59 Å². The van der Waals surface area contributed by atoms with Gasteiger partial charge in [-0.15, -0.1) is 11.3 Å². The normalized spacial score (nSPS) is 18.8. The lowest BCUT2D eigenvalue weighted by Crippen LogP contribution is -2.53. The first-order valence-corrected chi connectivity index (χ1v) is 8.70. The van der Waals surface area contributed by atoms with Crippen LogP contribution in [-0.4, -0.2) is 35.3 Å². The smallest absolute Gasteiger partial charge is 0.264 e. The van der Waals surface area contributed by atoms with E-state index in [1.54, 1.807) is 4.90 Å². The molecule has 0 spiro atoms. The minimum absolute atomic E-state index is 0.00519. The molecule has 1 atom stereocenters. The third-order valence-electron chi connectivity index (χ3n) is 4.13. The predicted molar refractivity (Wildman–Crippen MR) is 85.5 cm³/mol. The highest BCUT2D eigenvalue weighted by atomic mass is 32.1. The summed E-state index contributed by atoms with van der Waals surface area (Å²) in [6.07, 6.45) is 4.60. The molecule has 1 aromatic rings. The summed E-state index contributed by atoms with van der Waals surface area (Å²) >= 11 is 1.44. The molecule has 0 saturated carbocycles. The zero-order valence-electron chi connectivity index (χ0n) is 12.8. The molecular weight excluding hydrogens is 284 g/mol. The van der Waals surface area contributed by atoms with E-state index in [9.17, 15) is 9.59 Å². The Hall–Kier alpha value is -1.36. The largest absolute Gasteiger partial charge is 0.352 e. The SMILES string of the molecule is CCC(CC)NC(=O)C1CCCCN1C(=O)c1cccs1. The van der Waals surface area contributed by atoms with Gasteiger partial charge in [-0.2, -0.15) is 0 Å². The van der Waals surface area contributed by atoms with E-state index in [0.29, 0.717) is 6.54 Å². The number of nitrogens with zero attached hydrogens (tertiary/aromatic N) is 1. The molecule has 4 nitrogen and oxygen atoms in total. The van der Waals surface area contributed by atoms with Crippen LogP contribution in [0.2, 0.25) is 0 Å². The monoisotopic (exact) mass is 308 g/mol. The summed E-state index contributed by atoms with van der Waals surface area (Å²) in [6.45, 7) is 4.82. The average molecular weight is 308 g/mol. The van der Waals surface area contributed by atoms with Crippen LogP contribution in [0.1, 0.15) is 55.6 Å². The van der Waals surface area contributed by atoms with E-state index in [-0.39, 0.29) is 23.9 Å². The van der Waals surface area contributed by atoms with Gasteiger partial charge in [0, 0.05) is 12.6 Å². The summed E-state index contributed by atoms with van der Waals surface area (Å²) in [7, 11) is 0. The van der Waals surface area contributed by atoms with E-state index in [0.717, 1.165) is 37.0 Å². The molecule has 1 aliphatic rings. The van der Waals surface area contributed by atoms with Crippen LogP contribution in [0.5, 0.6) is 0 Å². The molecule has 2 heterocycles. The van der Waals surface area contributed by atoms with Crippen LogP contribution < -0.4 is 5.32 Å². The number of hydrogen-bond donors (Lipinski definition) is 1. The van der Waals surface area contributed by atoms with Crippen molar-refractivity contribution >= 4 is 23.2 Å². The van der Waals surface area contributed by atoms with Crippen molar-refractivity contribution in [3.8, 4) is 0 Å². The van der Waals surface area contributed by atoms with Crippen LogP contribution in [0.3, 0.4) is 0 Å². The third kappa shape index (κ3) is 3.84. The first kappa shape index (κ1) is 16.0. The van der Waals surface area contributed by atoms with Crippen molar-refractivity contribution in [3.05, 3.63) is 22.4 Å². The maximum Gasteiger partial charge on any atom is 0.264 e. The number of piperidine rings is 1. The molecule has 0 radical (unpaired) electrons. The molecule has 1 unspecified atom stereocenters. The van der Waals surface area contributed by atoms with Gasteiger partial charge in [-0.3, -0.25) is 9.59 Å². The number of likely N-dealkylation sites (tertiary alicyclic amines) is 1. The van der Waals surface area contributed by atoms with Gasteiger partial charge >= 0.3 is 0 Å². The number of rotatable bonds is 5. The molecule has 0 bridgehead atoms. The van der Waals surface area contributed by atoms with E-state index in [2.05, 4.69) is 19.2 Å². The molecule has 1 aromatic heterocycles. The number of thiophene rings is 1. The minimum Gasteiger partial charge on any atom is -0.352 e. The van der Waals surface area contributed by atoms with E-state index >= 15 is 0 Å². The van der Waals surface area contributed by atoms with E-state index in [1.165, 1.54) is 11.3 Å². The van der Waals surface area contributed by atoms with Crippen LogP contribution in [0.4, 0.5) is 0 Å². The average Bonchev–Trinajstić information content (AvgIpc) is 3.06. The van der Waals surface area contributed by atoms with Crippen LogP contribution in [0.25, 0.3) is 0 Å². The quantitative estimate of drug-likeness (QED) is 0.909. The molecule has 1 aliphatic heterocycles. The highest BCUT2D eigenvalue weighted by molar-refractivity contribution is 7.12. The highest BCUT2D eigenvalue weighted by Gasteiger charge is 2.33. The Balaban J connectivity index is 2.08. The van der Waals surface area contributed by atoms with Crippen molar-refractivity contribution in [3.63, 3.8) is 0 Å². The predicted octanol–water partition coefficient (Wildman–Crippen LogP) is 3.05.